The quantitative estimate of drug-likeness (QED) is 0.324. The predicted molar refractivity (Wildman–Crippen MR) is 34.3 cm³/mol. The van der Waals surface area contributed by atoms with Crippen LogP contribution in [0.25, 0.3) is 0 Å². The van der Waals surface area contributed by atoms with E-state index in [1.54, 1.807) is 0 Å². The van der Waals surface area contributed by atoms with Gasteiger partial charge in [-0.25, -0.2) is 0 Å². The van der Waals surface area contributed by atoms with Gasteiger partial charge in [0.1, 0.15) is 6.10 Å². The summed E-state index contributed by atoms with van der Waals surface area (Å²) < 4.78 is 4.69. The Balaban J connectivity index is 2.52. The van der Waals surface area contributed by atoms with E-state index in [0.717, 1.165) is 6.61 Å². The minimum absolute atomic E-state index is 0.387. The lowest BCUT2D eigenvalue weighted by Crippen LogP contribution is -2.52. The summed E-state index contributed by atoms with van der Waals surface area (Å²) in [6, 6.07) is 0. The van der Waals surface area contributed by atoms with Crippen LogP contribution in [0, 0.1) is 6.61 Å². The van der Waals surface area contributed by atoms with Crippen molar-refractivity contribution in [3.63, 3.8) is 0 Å². The summed E-state index contributed by atoms with van der Waals surface area (Å²) in [6.07, 6.45) is -4.54. The maximum absolute atomic E-state index is 9.09. The van der Waals surface area contributed by atoms with E-state index in [1.165, 1.54) is 0 Å². The summed E-state index contributed by atoms with van der Waals surface area (Å²) in [5.74, 6) is 0. The van der Waals surface area contributed by atoms with E-state index in [-0.39, 0.29) is 6.61 Å². The maximum atomic E-state index is 9.09. The summed E-state index contributed by atoms with van der Waals surface area (Å²) in [7, 11) is 0. The zero-order chi connectivity index (χ0) is 8.43. The second kappa shape index (κ2) is 3.38. The summed E-state index contributed by atoms with van der Waals surface area (Å²) in [5.41, 5.74) is 0. The van der Waals surface area contributed by atoms with E-state index in [4.69, 9.17) is 20.4 Å². The van der Waals surface area contributed by atoms with E-state index in [2.05, 4.69) is 4.74 Å². The van der Waals surface area contributed by atoms with Gasteiger partial charge in [-0.15, -0.1) is 0 Å². The van der Waals surface area contributed by atoms with Crippen LogP contribution in [0.5, 0.6) is 0 Å². The van der Waals surface area contributed by atoms with Crippen LogP contribution in [0.1, 0.15) is 0 Å². The molecule has 11 heavy (non-hydrogen) atoms. The smallest absolute Gasteiger partial charge is 0.261 e. The number of aliphatic hydroxyl groups is 4. The van der Waals surface area contributed by atoms with Gasteiger partial charge in [0.2, 0.25) is 0 Å². The van der Waals surface area contributed by atoms with Crippen molar-refractivity contribution in [2.24, 2.45) is 0 Å². The zero-order valence-electron chi connectivity index (χ0n) is 5.79. The third-order valence-electron chi connectivity index (χ3n) is 1.65. The third kappa shape index (κ3) is 1.63. The van der Waals surface area contributed by atoms with Crippen LogP contribution in [-0.4, -0.2) is 51.4 Å². The van der Waals surface area contributed by atoms with Gasteiger partial charge in [0, 0.05) is 0 Å². The van der Waals surface area contributed by atoms with Crippen molar-refractivity contribution < 1.29 is 25.2 Å². The Kier molecular flexibility index (Phi) is 2.69. The van der Waals surface area contributed by atoms with Gasteiger partial charge in [0.25, 0.3) is 12.7 Å². The maximum Gasteiger partial charge on any atom is 0.261 e. The van der Waals surface area contributed by atoms with Crippen LogP contribution < -0.4 is 0 Å². The van der Waals surface area contributed by atoms with E-state index < -0.39 is 24.4 Å². The molecular weight excluding hydrogens is 152 g/mol. The van der Waals surface area contributed by atoms with Crippen molar-refractivity contribution in [2.75, 3.05) is 6.61 Å². The Morgan fingerprint density at radius 2 is 1.82 bits per heavy atom. The van der Waals surface area contributed by atoms with Crippen LogP contribution in [0.15, 0.2) is 0 Å². The molecule has 5 heteroatoms. The van der Waals surface area contributed by atoms with Gasteiger partial charge in [-0.1, -0.05) is 0 Å². The Hall–Kier alpha value is -0.330. The number of hydrogen-bond donors (Lipinski definition) is 4. The zero-order valence-corrected chi connectivity index (χ0v) is 5.79. The number of ether oxygens (including phenoxy) is 1. The molecule has 0 aliphatic carbocycles. The second-order valence-corrected chi connectivity index (χ2v) is 2.46. The molecule has 0 saturated carbocycles. The Morgan fingerprint density at radius 1 is 1.18 bits per heavy atom. The molecule has 1 fully saturated rings. The monoisotopic (exact) mass is 163 g/mol. The average Bonchev–Trinajstić information content (AvgIpc) is 2.01. The lowest BCUT2D eigenvalue weighted by Gasteiger charge is -2.26. The molecule has 0 aromatic rings. The molecule has 1 rings (SSSR count). The Labute approximate surface area is 63.8 Å². The second-order valence-electron chi connectivity index (χ2n) is 2.46. The molecule has 0 radical (unpaired) electrons. The summed E-state index contributed by atoms with van der Waals surface area (Å²) in [4.78, 5) is 0. The largest absolute Gasteiger partial charge is 0.393 e. The molecule has 0 unspecified atom stereocenters. The molecule has 1 heterocycles. The van der Waals surface area contributed by atoms with Gasteiger partial charge in [-0.3, -0.25) is 0 Å². The minimum Gasteiger partial charge on any atom is -0.393 e. The van der Waals surface area contributed by atoms with Crippen molar-refractivity contribution in [1.82, 2.24) is 0 Å². The molecular formula is C6H11O5+. The highest BCUT2D eigenvalue weighted by atomic mass is 16.5. The lowest BCUT2D eigenvalue weighted by molar-refractivity contribution is -0.169. The van der Waals surface area contributed by atoms with Crippen molar-refractivity contribution in [2.45, 2.75) is 24.4 Å². The molecule has 4 N–H and O–H groups in total. The summed E-state index contributed by atoms with van der Waals surface area (Å²) in [6.45, 7) is 0.611. The molecule has 0 aromatic carbocycles. The Morgan fingerprint density at radius 3 is 2.36 bits per heavy atom. The third-order valence-corrected chi connectivity index (χ3v) is 1.65. The number of aliphatic hydroxyl groups excluding tert-OH is 4. The average molecular weight is 163 g/mol. The van der Waals surface area contributed by atoms with Crippen LogP contribution in [0.3, 0.4) is 0 Å². The predicted octanol–water partition coefficient (Wildman–Crippen LogP) is -2.38. The summed E-state index contributed by atoms with van der Waals surface area (Å²) >= 11 is 0. The highest BCUT2D eigenvalue weighted by Crippen LogP contribution is 2.17. The van der Waals surface area contributed by atoms with E-state index >= 15 is 0 Å². The first-order valence-electron chi connectivity index (χ1n) is 3.30. The minimum atomic E-state index is -1.28. The van der Waals surface area contributed by atoms with Crippen molar-refractivity contribution in [3.05, 3.63) is 6.61 Å². The van der Waals surface area contributed by atoms with Gasteiger partial charge in [-0.05, 0) is 0 Å². The molecule has 1 aliphatic rings. The molecule has 0 amide bonds. The fourth-order valence-electron chi connectivity index (χ4n) is 0.915. The van der Waals surface area contributed by atoms with Gasteiger partial charge in [-0.2, -0.15) is 4.74 Å². The van der Waals surface area contributed by atoms with Gasteiger partial charge >= 0.3 is 0 Å². The number of rotatable bonds is 1. The van der Waals surface area contributed by atoms with Crippen LogP contribution in [0.2, 0.25) is 0 Å². The van der Waals surface area contributed by atoms with E-state index in [0.29, 0.717) is 0 Å². The standard InChI is InChI=1S/C6H11O5/c7-1-4-6(10)5(9)3(8)2-11-4/h2-10H,1H2/q+1/t3-,4+,5+,6-/m0/s1. The first-order chi connectivity index (χ1) is 5.16. The fourth-order valence-corrected chi connectivity index (χ4v) is 0.915. The summed E-state index contributed by atoms with van der Waals surface area (Å²) in [5, 5.41) is 35.6. The molecule has 0 bridgehead atoms. The first-order valence-corrected chi connectivity index (χ1v) is 3.30. The molecule has 5 nitrogen and oxygen atoms in total. The van der Waals surface area contributed by atoms with E-state index in [1.807, 2.05) is 0 Å². The van der Waals surface area contributed by atoms with Crippen LogP contribution in [-0.2, 0) is 4.74 Å². The van der Waals surface area contributed by atoms with Crippen LogP contribution >= 0.6 is 0 Å². The Bertz CT molecular complexity index is 126. The highest BCUT2D eigenvalue weighted by Gasteiger charge is 2.44. The molecule has 0 aromatic heterocycles. The van der Waals surface area contributed by atoms with Crippen molar-refractivity contribution in [3.8, 4) is 0 Å². The SMILES string of the molecule is OC[C@H]1O[CH+][C@H](O)[C@@H](O)[C@H]1O. The normalized spacial score (nSPS) is 45.1. The lowest BCUT2D eigenvalue weighted by atomic mass is 10.0. The fraction of sp³-hybridized carbons (Fsp3) is 0.833. The van der Waals surface area contributed by atoms with Crippen LogP contribution in [0.4, 0.5) is 0 Å². The van der Waals surface area contributed by atoms with Gasteiger partial charge in [0.15, 0.2) is 12.2 Å². The van der Waals surface area contributed by atoms with E-state index in [9.17, 15) is 0 Å². The van der Waals surface area contributed by atoms with Gasteiger partial charge in [0.05, 0.1) is 6.61 Å². The van der Waals surface area contributed by atoms with Gasteiger partial charge < -0.3 is 20.4 Å². The molecule has 1 saturated heterocycles. The molecule has 4 atom stereocenters. The highest BCUT2D eigenvalue weighted by molar-refractivity contribution is 4.91. The molecule has 64 valence electrons. The van der Waals surface area contributed by atoms with Crippen molar-refractivity contribution in [1.29, 1.82) is 0 Å². The topological polar surface area (TPSA) is 90.2 Å². The van der Waals surface area contributed by atoms with Crippen molar-refractivity contribution >= 4 is 0 Å². The molecule has 1 aliphatic heterocycles. The molecule has 0 spiro atoms. The number of hydrogen-bond acceptors (Lipinski definition) is 5. The first kappa shape index (κ1) is 8.76.